The maximum atomic E-state index is 12.2. The summed E-state index contributed by atoms with van der Waals surface area (Å²) in [6, 6.07) is 0. The molecule has 1 rings (SSSR count). The summed E-state index contributed by atoms with van der Waals surface area (Å²) >= 11 is -0.477. The van der Waals surface area contributed by atoms with Crippen LogP contribution < -0.4 is 0 Å². The largest absolute Gasteiger partial charge is 0.421 e. The van der Waals surface area contributed by atoms with E-state index < -0.39 is 45.8 Å². The maximum Gasteiger partial charge on any atom is 0.421 e. The number of allylic oxidation sites excluding steroid dienone is 4. The summed E-state index contributed by atoms with van der Waals surface area (Å²) in [5.74, 6) is 0. The van der Waals surface area contributed by atoms with Crippen molar-refractivity contribution >= 4 is 47.3 Å². The standard InChI is InChI=1S/C7H2F6I2/c8-6(9,10)3-2-15-5(1-4(3)14)7(11,12)13/h1-2H. The minimum Gasteiger partial charge on any atom is -0.166 e. The zero-order valence-corrected chi connectivity index (χ0v) is 11.0. The van der Waals surface area contributed by atoms with Gasteiger partial charge in [0.15, 0.2) is 0 Å². The van der Waals surface area contributed by atoms with E-state index in [0.717, 1.165) is 0 Å². The Morgan fingerprint density at radius 3 is 1.87 bits per heavy atom. The SMILES string of the molecule is FC(F)(F)C1=CC(I)=C(C(F)(F)F)C=I1. The Bertz CT molecular complexity index is 357. The van der Waals surface area contributed by atoms with Crippen molar-refractivity contribution in [2.24, 2.45) is 0 Å². The highest BCUT2D eigenvalue weighted by Gasteiger charge is 2.39. The Hall–Kier alpha value is 0.390. The van der Waals surface area contributed by atoms with Gasteiger partial charge in [0.05, 0.1) is 9.15 Å². The van der Waals surface area contributed by atoms with Crippen molar-refractivity contribution < 1.29 is 26.3 Å². The molecule has 0 saturated carbocycles. The lowest BCUT2D eigenvalue weighted by atomic mass is 10.2. The van der Waals surface area contributed by atoms with Crippen LogP contribution in [-0.4, -0.2) is 16.4 Å². The van der Waals surface area contributed by atoms with Gasteiger partial charge in [-0.3, -0.25) is 0 Å². The zero-order valence-electron chi connectivity index (χ0n) is 6.68. The highest BCUT2D eigenvalue weighted by molar-refractivity contribution is 14.2. The van der Waals surface area contributed by atoms with Crippen LogP contribution in [-0.2, 0) is 0 Å². The molecule has 0 amide bonds. The van der Waals surface area contributed by atoms with E-state index in [1.54, 1.807) is 0 Å². The average Bonchev–Trinajstić information content (AvgIpc) is 1.99. The van der Waals surface area contributed by atoms with Crippen LogP contribution in [0, 0.1) is 0 Å². The molecular weight excluding hydrogens is 452 g/mol. The van der Waals surface area contributed by atoms with Gasteiger partial charge in [0, 0.05) is 3.58 Å². The Labute approximate surface area is 104 Å². The molecule has 0 aromatic rings. The molecule has 0 spiro atoms. The van der Waals surface area contributed by atoms with E-state index in [0.29, 0.717) is 10.1 Å². The third-order valence-corrected chi connectivity index (χ3v) is 4.79. The Morgan fingerprint density at radius 1 is 1.00 bits per heavy atom. The lowest BCUT2D eigenvalue weighted by Crippen LogP contribution is -2.16. The van der Waals surface area contributed by atoms with Crippen LogP contribution in [0.5, 0.6) is 0 Å². The van der Waals surface area contributed by atoms with Gasteiger partial charge in [-0.25, -0.2) is 0 Å². The molecule has 0 fully saturated rings. The molecule has 0 aromatic carbocycles. The van der Waals surface area contributed by atoms with Crippen molar-refractivity contribution in [1.29, 1.82) is 0 Å². The summed E-state index contributed by atoms with van der Waals surface area (Å²) in [4.78, 5) is 0. The maximum absolute atomic E-state index is 12.2. The van der Waals surface area contributed by atoms with Crippen LogP contribution in [0.4, 0.5) is 26.3 Å². The number of hydrogen-bond acceptors (Lipinski definition) is 0. The molecule has 86 valence electrons. The zero-order chi connectivity index (χ0) is 11.9. The molecule has 0 aromatic heterocycles. The van der Waals surface area contributed by atoms with Crippen LogP contribution in [0.3, 0.4) is 0 Å². The van der Waals surface area contributed by atoms with E-state index in [2.05, 4.69) is 0 Å². The molecule has 1 heterocycles. The fourth-order valence-electron chi connectivity index (χ4n) is 0.727. The van der Waals surface area contributed by atoms with E-state index in [1.807, 2.05) is 0 Å². The van der Waals surface area contributed by atoms with E-state index in [9.17, 15) is 26.3 Å². The van der Waals surface area contributed by atoms with Crippen LogP contribution >= 0.6 is 43.3 Å². The summed E-state index contributed by atoms with van der Waals surface area (Å²) in [6.07, 6.45) is -8.50. The van der Waals surface area contributed by atoms with E-state index in [4.69, 9.17) is 0 Å². The Balaban J connectivity index is 3.13. The molecule has 0 N–H and O–H groups in total. The first-order chi connectivity index (χ1) is 6.62. The third kappa shape index (κ3) is 3.43. The quantitative estimate of drug-likeness (QED) is 0.375. The van der Waals surface area contributed by atoms with Crippen molar-refractivity contribution in [2.75, 3.05) is 0 Å². The Morgan fingerprint density at radius 2 is 1.53 bits per heavy atom. The van der Waals surface area contributed by atoms with Crippen LogP contribution in [0.15, 0.2) is 18.8 Å². The molecular formula is C7H2F6I2. The van der Waals surface area contributed by atoms with E-state index >= 15 is 0 Å². The van der Waals surface area contributed by atoms with Crippen molar-refractivity contribution in [3.8, 4) is 0 Å². The van der Waals surface area contributed by atoms with Crippen molar-refractivity contribution in [1.82, 2.24) is 0 Å². The number of halogens is 8. The predicted molar refractivity (Wildman–Crippen MR) is 61.3 cm³/mol. The van der Waals surface area contributed by atoms with Gasteiger partial charge in [-0.2, -0.15) is 26.3 Å². The fraction of sp³-hybridized carbons (Fsp3) is 0.286. The predicted octanol–water partition coefficient (Wildman–Crippen LogP) is 4.47. The second kappa shape index (κ2) is 4.34. The molecule has 0 radical (unpaired) electrons. The highest BCUT2D eigenvalue weighted by atomic mass is 127. The highest BCUT2D eigenvalue weighted by Crippen LogP contribution is 2.42. The van der Waals surface area contributed by atoms with E-state index in [1.165, 1.54) is 22.6 Å². The lowest BCUT2D eigenvalue weighted by molar-refractivity contribution is -0.0866. The molecule has 1 aliphatic rings. The smallest absolute Gasteiger partial charge is 0.166 e. The van der Waals surface area contributed by atoms with Gasteiger partial charge >= 0.3 is 12.4 Å². The minimum absolute atomic E-state index is 0.404. The van der Waals surface area contributed by atoms with E-state index in [-0.39, 0.29) is 0 Å². The normalized spacial score (nSPS) is 18.7. The van der Waals surface area contributed by atoms with Gasteiger partial charge < -0.3 is 0 Å². The lowest BCUT2D eigenvalue weighted by Gasteiger charge is -2.15. The monoisotopic (exact) mass is 454 g/mol. The summed E-state index contributed by atoms with van der Waals surface area (Å²) < 4.78 is 72.6. The molecule has 0 nitrogen and oxygen atoms in total. The molecule has 8 heteroatoms. The molecule has 15 heavy (non-hydrogen) atoms. The summed E-state index contributed by atoms with van der Waals surface area (Å²) in [5, 5.41) is 0. The van der Waals surface area contributed by atoms with Gasteiger partial charge in [0.2, 0.25) is 0 Å². The second-order valence-electron chi connectivity index (χ2n) is 2.47. The first-order valence-corrected chi connectivity index (χ1v) is 6.75. The fourth-order valence-corrected chi connectivity index (χ4v) is 4.87. The molecule has 0 unspecified atom stereocenters. The van der Waals surface area contributed by atoms with Crippen LogP contribution in [0.25, 0.3) is 0 Å². The Kier molecular flexibility index (Phi) is 3.89. The first kappa shape index (κ1) is 13.5. The van der Waals surface area contributed by atoms with Crippen LogP contribution in [0.2, 0.25) is 0 Å². The molecule has 0 saturated heterocycles. The number of hydrogen-bond donors (Lipinski definition) is 0. The minimum atomic E-state index is -4.57. The first-order valence-electron chi connectivity index (χ1n) is 3.35. The van der Waals surface area contributed by atoms with Crippen molar-refractivity contribution in [3.63, 3.8) is 0 Å². The third-order valence-electron chi connectivity index (χ3n) is 1.37. The summed E-state index contributed by atoms with van der Waals surface area (Å²) in [5.41, 5.74) is -0.955. The van der Waals surface area contributed by atoms with Gasteiger partial charge in [-0.1, -0.05) is 20.7 Å². The average molecular weight is 454 g/mol. The topological polar surface area (TPSA) is 0 Å². The number of alkyl halides is 6. The van der Waals surface area contributed by atoms with Crippen molar-refractivity contribution in [3.05, 3.63) is 18.8 Å². The summed E-state index contributed by atoms with van der Waals surface area (Å²) in [7, 11) is 0. The van der Waals surface area contributed by atoms with Crippen molar-refractivity contribution in [2.45, 2.75) is 12.4 Å². The van der Waals surface area contributed by atoms with Gasteiger partial charge in [0.25, 0.3) is 0 Å². The van der Waals surface area contributed by atoms with Gasteiger partial charge in [0.1, 0.15) is 0 Å². The van der Waals surface area contributed by atoms with Crippen LogP contribution in [0.1, 0.15) is 0 Å². The molecule has 1 aliphatic heterocycles. The molecule has 0 atom stereocenters. The van der Waals surface area contributed by atoms with Gasteiger partial charge in [-0.05, 0) is 32.7 Å². The molecule has 0 aliphatic carbocycles. The summed E-state index contributed by atoms with van der Waals surface area (Å²) in [6.45, 7) is 0. The second-order valence-corrected chi connectivity index (χ2v) is 6.04. The van der Waals surface area contributed by atoms with Gasteiger partial charge in [-0.15, -0.1) is 0 Å². The molecule has 0 bridgehead atoms. The number of rotatable bonds is 0.